The second-order valence-electron chi connectivity index (χ2n) is 3.10. The Hall–Kier alpha value is -0.940. The molecule has 1 heterocycles. The largest absolute Gasteiger partial charge is 0.374 e. The number of nitrogens with one attached hydrogen (secondary N) is 1. The number of aromatic nitrogens is 2. The van der Waals surface area contributed by atoms with Crippen LogP contribution in [0.25, 0.3) is 0 Å². The van der Waals surface area contributed by atoms with Crippen molar-refractivity contribution in [1.29, 1.82) is 0 Å². The molecule has 5 heteroatoms. The van der Waals surface area contributed by atoms with Crippen molar-refractivity contribution in [2.24, 2.45) is 0 Å². The molecule has 0 aromatic carbocycles. The summed E-state index contributed by atoms with van der Waals surface area (Å²) < 4.78 is 9.93. The Labute approximate surface area is 83.8 Å². The van der Waals surface area contributed by atoms with Crippen molar-refractivity contribution in [3.05, 3.63) is 11.4 Å². The zero-order valence-corrected chi connectivity index (χ0v) is 8.75. The van der Waals surface area contributed by atoms with Gasteiger partial charge in [-0.3, -0.25) is 0 Å². The van der Waals surface area contributed by atoms with E-state index in [1.165, 1.54) is 0 Å². The van der Waals surface area contributed by atoms with E-state index in [-0.39, 0.29) is 0 Å². The molecule has 1 aromatic rings. The lowest BCUT2D eigenvalue weighted by atomic mass is 10.4. The first-order valence-electron chi connectivity index (χ1n) is 4.91. The van der Waals surface area contributed by atoms with Gasteiger partial charge in [0.2, 0.25) is 0 Å². The summed E-state index contributed by atoms with van der Waals surface area (Å²) in [6.07, 6.45) is 1.15. The van der Waals surface area contributed by atoms with Crippen LogP contribution in [0.5, 0.6) is 0 Å². The highest BCUT2D eigenvalue weighted by atomic mass is 16.6. The number of hydrogen-bond acceptors (Lipinski definition) is 5. The monoisotopic (exact) mass is 199 g/mol. The van der Waals surface area contributed by atoms with E-state index in [4.69, 9.17) is 4.74 Å². The highest BCUT2D eigenvalue weighted by Gasteiger charge is 2.03. The predicted molar refractivity (Wildman–Crippen MR) is 51.9 cm³/mol. The predicted octanol–water partition coefficient (Wildman–Crippen LogP) is 0.894. The maximum absolute atomic E-state index is 5.38. The number of hydrogen-bond donors (Lipinski definition) is 1. The summed E-state index contributed by atoms with van der Waals surface area (Å²) in [6, 6.07) is 0. The molecule has 0 unspecified atom stereocenters. The van der Waals surface area contributed by atoms with Gasteiger partial charge < -0.3 is 10.1 Å². The third kappa shape index (κ3) is 3.85. The Morgan fingerprint density at radius 1 is 1.36 bits per heavy atom. The molecule has 0 saturated heterocycles. The standard InChI is InChI=1S/C9H17N3O2/c1-3-4-10-5-6-13-7-9-8(2)11-14-12-9/h10H,3-7H2,1-2H3. The van der Waals surface area contributed by atoms with E-state index in [9.17, 15) is 0 Å². The van der Waals surface area contributed by atoms with Crippen LogP contribution in [0.3, 0.4) is 0 Å². The minimum atomic E-state index is 0.475. The zero-order chi connectivity index (χ0) is 10.2. The average Bonchev–Trinajstić information content (AvgIpc) is 2.58. The van der Waals surface area contributed by atoms with Gasteiger partial charge in [-0.25, -0.2) is 4.63 Å². The summed E-state index contributed by atoms with van der Waals surface area (Å²) in [6.45, 7) is 7.06. The van der Waals surface area contributed by atoms with Gasteiger partial charge in [-0.2, -0.15) is 0 Å². The Bertz CT molecular complexity index is 250. The molecule has 0 amide bonds. The molecule has 1 aromatic heterocycles. The topological polar surface area (TPSA) is 60.2 Å². The molecule has 0 spiro atoms. The molecule has 0 saturated carbocycles. The van der Waals surface area contributed by atoms with Crippen molar-refractivity contribution in [3.8, 4) is 0 Å². The van der Waals surface area contributed by atoms with Crippen molar-refractivity contribution in [1.82, 2.24) is 15.6 Å². The van der Waals surface area contributed by atoms with Crippen molar-refractivity contribution in [2.45, 2.75) is 26.9 Å². The number of rotatable bonds is 7. The Kier molecular flexibility index (Phi) is 5.17. The average molecular weight is 199 g/mol. The van der Waals surface area contributed by atoms with Gasteiger partial charge in [0.15, 0.2) is 0 Å². The van der Waals surface area contributed by atoms with Crippen molar-refractivity contribution in [2.75, 3.05) is 19.7 Å². The van der Waals surface area contributed by atoms with Gasteiger partial charge in [-0.1, -0.05) is 17.2 Å². The van der Waals surface area contributed by atoms with Gasteiger partial charge in [0.05, 0.1) is 13.2 Å². The third-order valence-electron chi connectivity index (χ3n) is 1.84. The third-order valence-corrected chi connectivity index (χ3v) is 1.84. The SMILES string of the molecule is CCCNCCOCc1nonc1C. The van der Waals surface area contributed by atoms with Crippen LogP contribution in [-0.4, -0.2) is 30.0 Å². The lowest BCUT2D eigenvalue weighted by molar-refractivity contribution is 0.117. The van der Waals surface area contributed by atoms with Gasteiger partial charge in [-0.15, -0.1) is 0 Å². The highest BCUT2D eigenvalue weighted by molar-refractivity contribution is 5.02. The van der Waals surface area contributed by atoms with Crippen molar-refractivity contribution >= 4 is 0 Å². The highest BCUT2D eigenvalue weighted by Crippen LogP contribution is 2.01. The van der Waals surface area contributed by atoms with Crippen LogP contribution < -0.4 is 5.32 Å². The number of ether oxygens (including phenoxy) is 1. The molecule has 5 nitrogen and oxygen atoms in total. The second kappa shape index (κ2) is 6.50. The van der Waals surface area contributed by atoms with E-state index in [0.29, 0.717) is 13.2 Å². The van der Waals surface area contributed by atoms with Crippen LogP contribution in [0, 0.1) is 6.92 Å². The van der Waals surface area contributed by atoms with Crippen molar-refractivity contribution < 1.29 is 9.37 Å². The maximum atomic E-state index is 5.38. The molecule has 0 aliphatic heterocycles. The smallest absolute Gasteiger partial charge is 0.133 e. The van der Waals surface area contributed by atoms with Gasteiger partial charge in [0.1, 0.15) is 11.4 Å². The molecule has 14 heavy (non-hydrogen) atoms. The summed E-state index contributed by atoms with van der Waals surface area (Å²) in [5, 5.41) is 10.6. The van der Waals surface area contributed by atoms with E-state index in [2.05, 4.69) is 27.2 Å². The number of nitrogens with zero attached hydrogens (tertiary/aromatic N) is 2. The molecule has 0 bridgehead atoms. The second-order valence-corrected chi connectivity index (χ2v) is 3.10. The van der Waals surface area contributed by atoms with Crippen LogP contribution in [0.2, 0.25) is 0 Å². The van der Waals surface area contributed by atoms with E-state index < -0.39 is 0 Å². The van der Waals surface area contributed by atoms with Crippen LogP contribution in [0.4, 0.5) is 0 Å². The van der Waals surface area contributed by atoms with Crippen LogP contribution in [0.1, 0.15) is 24.7 Å². The number of aryl methyl sites for hydroxylation is 1. The van der Waals surface area contributed by atoms with Crippen molar-refractivity contribution in [3.63, 3.8) is 0 Å². The molecular weight excluding hydrogens is 182 g/mol. The summed E-state index contributed by atoms with van der Waals surface area (Å²) in [4.78, 5) is 0. The molecule has 80 valence electrons. The molecule has 0 fully saturated rings. The first kappa shape index (κ1) is 11.1. The van der Waals surface area contributed by atoms with E-state index in [1.807, 2.05) is 6.92 Å². The molecular formula is C9H17N3O2. The molecule has 0 atom stereocenters. The van der Waals surface area contributed by atoms with E-state index in [1.54, 1.807) is 0 Å². The van der Waals surface area contributed by atoms with Gasteiger partial charge in [0.25, 0.3) is 0 Å². The van der Waals surface area contributed by atoms with Gasteiger partial charge in [-0.05, 0) is 19.9 Å². The minimum absolute atomic E-state index is 0.475. The Morgan fingerprint density at radius 2 is 2.21 bits per heavy atom. The maximum Gasteiger partial charge on any atom is 0.133 e. The fourth-order valence-electron chi connectivity index (χ4n) is 0.995. The van der Waals surface area contributed by atoms with E-state index >= 15 is 0 Å². The Morgan fingerprint density at radius 3 is 2.86 bits per heavy atom. The molecule has 0 aliphatic carbocycles. The summed E-state index contributed by atoms with van der Waals surface area (Å²) in [7, 11) is 0. The van der Waals surface area contributed by atoms with Crippen LogP contribution >= 0.6 is 0 Å². The first-order chi connectivity index (χ1) is 6.84. The fraction of sp³-hybridized carbons (Fsp3) is 0.778. The molecule has 0 aliphatic rings. The lowest BCUT2D eigenvalue weighted by Gasteiger charge is -2.03. The lowest BCUT2D eigenvalue weighted by Crippen LogP contribution is -2.20. The summed E-state index contributed by atoms with van der Waals surface area (Å²) in [5.41, 5.74) is 1.58. The Balaban J connectivity index is 2.02. The normalized spacial score (nSPS) is 10.7. The van der Waals surface area contributed by atoms with Crippen LogP contribution in [0.15, 0.2) is 4.63 Å². The summed E-state index contributed by atoms with van der Waals surface area (Å²) >= 11 is 0. The fourth-order valence-corrected chi connectivity index (χ4v) is 0.995. The van der Waals surface area contributed by atoms with E-state index in [0.717, 1.165) is 30.9 Å². The van der Waals surface area contributed by atoms with Gasteiger partial charge >= 0.3 is 0 Å². The molecule has 1 rings (SSSR count). The first-order valence-corrected chi connectivity index (χ1v) is 4.91. The zero-order valence-electron chi connectivity index (χ0n) is 8.75. The molecule has 1 N–H and O–H groups in total. The quantitative estimate of drug-likeness (QED) is 0.661. The molecule has 0 radical (unpaired) electrons. The van der Waals surface area contributed by atoms with Gasteiger partial charge in [0, 0.05) is 6.54 Å². The minimum Gasteiger partial charge on any atom is -0.374 e. The van der Waals surface area contributed by atoms with Crippen LogP contribution in [-0.2, 0) is 11.3 Å². The summed E-state index contributed by atoms with van der Waals surface area (Å²) in [5.74, 6) is 0.